The zero-order chi connectivity index (χ0) is 21.7. The van der Waals surface area contributed by atoms with Crippen molar-refractivity contribution in [2.75, 3.05) is 13.2 Å². The molecule has 0 spiro atoms. The maximum absolute atomic E-state index is 13.7. The topological polar surface area (TPSA) is 71.9 Å². The lowest BCUT2D eigenvalue weighted by Crippen LogP contribution is -3.00. The van der Waals surface area contributed by atoms with E-state index in [1.807, 2.05) is 0 Å². The van der Waals surface area contributed by atoms with Gasteiger partial charge in [-0.1, -0.05) is 12.1 Å². The van der Waals surface area contributed by atoms with E-state index in [0.717, 1.165) is 43.7 Å². The molecule has 32 heavy (non-hydrogen) atoms. The van der Waals surface area contributed by atoms with Crippen LogP contribution in [0.15, 0.2) is 54.6 Å². The summed E-state index contributed by atoms with van der Waals surface area (Å²) in [6.07, 6.45) is 1.61. The van der Waals surface area contributed by atoms with Gasteiger partial charge in [-0.2, -0.15) is 0 Å². The molecule has 0 aliphatic carbocycles. The molecule has 3 nitrogen and oxygen atoms in total. The fourth-order valence-corrected chi connectivity index (χ4v) is 3.22. The first-order valence-corrected chi connectivity index (χ1v) is 9.93. The largest absolute Gasteiger partial charge is 1.00 e. The van der Waals surface area contributed by atoms with Gasteiger partial charge in [0.05, 0.1) is 11.9 Å². The van der Waals surface area contributed by atoms with Crippen molar-refractivity contribution in [3.8, 4) is 28.0 Å². The van der Waals surface area contributed by atoms with E-state index in [1.54, 1.807) is 18.2 Å². The van der Waals surface area contributed by atoms with Gasteiger partial charge in [-0.15, -0.1) is 11.6 Å². The highest BCUT2D eigenvalue weighted by molar-refractivity contribution is 6.20. The van der Waals surface area contributed by atoms with Crippen LogP contribution in [0.5, 0.6) is 5.75 Å². The van der Waals surface area contributed by atoms with Crippen LogP contribution in [-0.2, 0) is 0 Å². The molecular weight excluding hydrogens is 467 g/mol. The lowest BCUT2D eigenvalue weighted by molar-refractivity contribution is -0.368. The van der Waals surface area contributed by atoms with Gasteiger partial charge >= 0.3 is 0 Å². The molecule has 3 aromatic carbocycles. The van der Waals surface area contributed by atoms with E-state index in [2.05, 4.69) is 5.73 Å². The molecule has 0 radical (unpaired) electrons. The average molecular weight is 491 g/mol. The summed E-state index contributed by atoms with van der Waals surface area (Å²) >= 11 is 6.26. The number of halogens is 6. The second kappa shape index (κ2) is 12.6. The summed E-state index contributed by atoms with van der Waals surface area (Å²) in [7, 11) is 0. The molecule has 0 saturated carbocycles. The molecule has 0 aliphatic heterocycles. The second-order valence-corrected chi connectivity index (χ2v) is 7.53. The third-order valence-electron chi connectivity index (χ3n) is 4.61. The number of hydrogen-bond donors (Lipinski definition) is 2. The lowest BCUT2D eigenvalue weighted by atomic mass is 9.98. The molecule has 0 aromatic heterocycles. The number of benzene rings is 3. The van der Waals surface area contributed by atoms with Crippen molar-refractivity contribution in [2.24, 2.45) is 0 Å². The van der Waals surface area contributed by atoms with E-state index >= 15 is 0 Å². The minimum absolute atomic E-state index is 0. The molecule has 0 aliphatic rings. The molecule has 0 heterocycles. The number of hydrogen-bond acceptors (Lipinski definition) is 2. The standard InChI is InChI=1S/C23H20ClF4NO.ClH.H3N/c24-18(2-1-7-29)13-30-19-9-16(14-3-5-20(25)22(27)11-14)8-17(10-19)15-4-6-21(26)23(28)12-15;;/h3-6,8-12,18H,1-2,7,13,29H2;1H;1H3/t18-;;/m1../s1. The van der Waals surface area contributed by atoms with E-state index in [-0.39, 0.29) is 30.5 Å². The molecule has 0 fully saturated rings. The Morgan fingerprint density at radius 1 is 0.750 bits per heavy atom. The SMILES string of the molecule is N.[Cl-].[NH3+]CCC[C@@H](Cl)COc1cc(-c2ccc(F)c(F)c2)cc(-c2ccc(F)c(F)c2)c1. The molecule has 3 aromatic rings. The molecule has 0 bridgehead atoms. The fraction of sp³-hybridized carbons (Fsp3) is 0.217. The molecular formula is C23H24Cl2F4N2O. The molecule has 1 atom stereocenters. The van der Waals surface area contributed by atoms with Crippen LogP contribution in [0, 0.1) is 23.3 Å². The Balaban J connectivity index is 0.00000256. The van der Waals surface area contributed by atoms with Gasteiger partial charge in [-0.3, -0.25) is 0 Å². The van der Waals surface area contributed by atoms with E-state index < -0.39 is 23.3 Å². The molecule has 6 N–H and O–H groups in total. The predicted octanol–water partition coefficient (Wildman–Crippen LogP) is 2.75. The van der Waals surface area contributed by atoms with Gasteiger partial charge in [0.15, 0.2) is 23.3 Å². The minimum Gasteiger partial charge on any atom is -1.00 e. The maximum Gasteiger partial charge on any atom is 0.159 e. The normalized spacial score (nSPS) is 11.3. The van der Waals surface area contributed by atoms with Crippen molar-refractivity contribution < 1.29 is 40.4 Å². The number of rotatable bonds is 8. The second-order valence-electron chi connectivity index (χ2n) is 6.91. The smallest absolute Gasteiger partial charge is 0.159 e. The summed E-state index contributed by atoms with van der Waals surface area (Å²) in [6.45, 7) is 1.01. The summed E-state index contributed by atoms with van der Waals surface area (Å²) in [6, 6.07) is 12.1. The van der Waals surface area contributed by atoms with Crippen LogP contribution in [0.3, 0.4) is 0 Å². The van der Waals surface area contributed by atoms with Crippen molar-refractivity contribution in [1.29, 1.82) is 0 Å². The van der Waals surface area contributed by atoms with Gasteiger partial charge < -0.3 is 29.0 Å². The Kier molecular flexibility index (Phi) is 11.0. The minimum atomic E-state index is -0.984. The highest BCUT2D eigenvalue weighted by atomic mass is 35.5. The van der Waals surface area contributed by atoms with Crippen LogP contribution in [-0.4, -0.2) is 18.5 Å². The summed E-state index contributed by atoms with van der Waals surface area (Å²) in [5.41, 5.74) is 5.69. The fourth-order valence-electron chi connectivity index (χ4n) is 3.00. The van der Waals surface area contributed by atoms with Crippen LogP contribution in [0.1, 0.15) is 12.8 Å². The van der Waals surface area contributed by atoms with Crippen molar-refractivity contribution >= 4 is 11.6 Å². The van der Waals surface area contributed by atoms with Crippen LogP contribution in [0.4, 0.5) is 17.6 Å². The van der Waals surface area contributed by atoms with Crippen LogP contribution in [0.25, 0.3) is 22.3 Å². The zero-order valence-corrected chi connectivity index (χ0v) is 18.7. The third kappa shape index (κ3) is 7.10. The van der Waals surface area contributed by atoms with Gasteiger partial charge in [0.25, 0.3) is 0 Å². The van der Waals surface area contributed by atoms with E-state index in [9.17, 15) is 17.6 Å². The van der Waals surface area contributed by atoms with Crippen LogP contribution < -0.4 is 29.0 Å². The van der Waals surface area contributed by atoms with Gasteiger partial charge in [-0.05, 0) is 77.6 Å². The molecule has 9 heteroatoms. The predicted molar refractivity (Wildman–Crippen MR) is 114 cm³/mol. The van der Waals surface area contributed by atoms with E-state index in [4.69, 9.17) is 16.3 Å². The Morgan fingerprint density at radius 3 is 1.69 bits per heavy atom. The first-order chi connectivity index (χ1) is 14.4. The first kappa shape index (κ1) is 27.7. The first-order valence-electron chi connectivity index (χ1n) is 9.49. The number of quaternary nitrogens is 1. The highest BCUT2D eigenvalue weighted by Crippen LogP contribution is 2.33. The third-order valence-corrected chi connectivity index (χ3v) is 4.95. The quantitative estimate of drug-likeness (QED) is 0.376. The average Bonchev–Trinajstić information content (AvgIpc) is 2.74. The summed E-state index contributed by atoms with van der Waals surface area (Å²) in [4.78, 5) is 0. The van der Waals surface area contributed by atoms with Crippen molar-refractivity contribution in [3.05, 3.63) is 77.9 Å². The Bertz CT molecular complexity index is 967. The van der Waals surface area contributed by atoms with Gasteiger partial charge in [0.2, 0.25) is 0 Å². The zero-order valence-electron chi connectivity index (χ0n) is 17.2. The maximum atomic E-state index is 13.7. The van der Waals surface area contributed by atoms with Crippen molar-refractivity contribution in [1.82, 2.24) is 6.15 Å². The summed E-state index contributed by atoms with van der Waals surface area (Å²) in [5.74, 6) is -3.45. The molecule has 3 rings (SSSR count). The molecule has 0 amide bonds. The van der Waals surface area contributed by atoms with E-state index in [1.165, 1.54) is 12.1 Å². The van der Waals surface area contributed by atoms with Gasteiger partial charge in [0, 0.05) is 0 Å². The summed E-state index contributed by atoms with van der Waals surface area (Å²) < 4.78 is 60.0. The Hall–Kier alpha value is -2.32. The summed E-state index contributed by atoms with van der Waals surface area (Å²) in [5, 5.41) is -0.217. The lowest BCUT2D eigenvalue weighted by Gasteiger charge is -2.14. The number of ether oxygens (including phenoxy) is 1. The van der Waals surface area contributed by atoms with Crippen molar-refractivity contribution in [2.45, 2.75) is 18.2 Å². The molecule has 0 saturated heterocycles. The van der Waals surface area contributed by atoms with Crippen LogP contribution in [0.2, 0.25) is 0 Å². The molecule has 174 valence electrons. The van der Waals surface area contributed by atoms with Crippen molar-refractivity contribution in [3.63, 3.8) is 0 Å². The van der Waals surface area contributed by atoms with E-state index in [0.29, 0.717) is 28.0 Å². The van der Waals surface area contributed by atoms with Gasteiger partial charge in [-0.25, -0.2) is 17.6 Å². The Labute approximate surface area is 195 Å². The molecule has 0 unspecified atom stereocenters. The highest BCUT2D eigenvalue weighted by Gasteiger charge is 2.12. The number of alkyl halides is 1. The van der Waals surface area contributed by atoms with Gasteiger partial charge in [0.1, 0.15) is 12.4 Å². The Morgan fingerprint density at radius 2 is 1.25 bits per heavy atom. The monoisotopic (exact) mass is 490 g/mol. The van der Waals surface area contributed by atoms with Crippen LogP contribution >= 0.6 is 11.6 Å².